The molecule has 2 saturated carbocycles. The highest BCUT2D eigenvalue weighted by Crippen LogP contribution is 2.52. The minimum atomic E-state index is -1.16. The Morgan fingerprint density at radius 2 is 1.75 bits per heavy atom. The Bertz CT molecular complexity index is 953. The van der Waals surface area contributed by atoms with E-state index in [1.807, 2.05) is 37.3 Å². The zero-order chi connectivity index (χ0) is 20.0. The van der Waals surface area contributed by atoms with Gasteiger partial charge in [-0.25, -0.2) is 0 Å². The first-order valence-electron chi connectivity index (χ1n) is 9.38. The third kappa shape index (κ3) is 2.99. The van der Waals surface area contributed by atoms with Gasteiger partial charge in [0.15, 0.2) is 0 Å². The molecule has 1 heterocycles. The summed E-state index contributed by atoms with van der Waals surface area (Å²) in [6, 6.07) is 9.39. The number of nitrogens with one attached hydrogen (secondary N) is 1. The molecule has 1 aromatic heterocycles. The first-order valence-corrected chi connectivity index (χ1v) is 10.2. The van der Waals surface area contributed by atoms with Gasteiger partial charge in [-0.1, -0.05) is 30.3 Å². The summed E-state index contributed by atoms with van der Waals surface area (Å²) in [4.78, 5) is 37.7. The molecule has 2 bridgehead atoms. The molecular weight excluding hydrogens is 376 g/mol. The van der Waals surface area contributed by atoms with Crippen LogP contribution in [0.3, 0.4) is 0 Å². The van der Waals surface area contributed by atoms with E-state index in [4.69, 9.17) is 5.73 Å². The number of carboxylic acids is 1. The zero-order valence-corrected chi connectivity index (χ0v) is 16.3. The Morgan fingerprint density at radius 1 is 1.11 bits per heavy atom. The molecule has 0 aliphatic heterocycles. The number of aliphatic carboxylic acids is 1. The lowest BCUT2D eigenvalue weighted by Crippen LogP contribution is -2.44. The average Bonchev–Trinajstić information content (AvgIpc) is 3.34. The minimum Gasteiger partial charge on any atom is -0.550 e. The third-order valence-electron chi connectivity index (χ3n) is 6.12. The van der Waals surface area contributed by atoms with Gasteiger partial charge in [0.2, 0.25) is 5.91 Å². The molecule has 2 aromatic rings. The molecule has 0 radical (unpaired) electrons. The van der Waals surface area contributed by atoms with E-state index in [-0.39, 0.29) is 23.3 Å². The van der Waals surface area contributed by atoms with Crippen molar-refractivity contribution >= 4 is 34.1 Å². The predicted octanol–water partition coefficient (Wildman–Crippen LogP) is 2.17. The van der Waals surface area contributed by atoms with Gasteiger partial charge in [-0.05, 0) is 43.6 Å². The number of thiophene rings is 1. The second kappa shape index (κ2) is 7.05. The van der Waals surface area contributed by atoms with Gasteiger partial charge in [-0.15, -0.1) is 11.3 Å². The Balaban J connectivity index is 1.68. The van der Waals surface area contributed by atoms with E-state index >= 15 is 0 Å². The summed E-state index contributed by atoms with van der Waals surface area (Å²) in [5.41, 5.74) is 7.47. The Hall–Kier alpha value is -2.67. The molecule has 4 atom stereocenters. The lowest BCUT2D eigenvalue weighted by Gasteiger charge is -2.30. The van der Waals surface area contributed by atoms with Gasteiger partial charge in [0.05, 0.1) is 5.56 Å². The van der Waals surface area contributed by atoms with Crippen LogP contribution in [0.4, 0.5) is 5.00 Å². The SMILES string of the molecule is Cc1sc(NC(=O)C2C3CCC(C3)C2C(=O)[O-])c(C(N)=O)c1-c1ccccc1. The fraction of sp³-hybridized carbons (Fsp3) is 0.381. The van der Waals surface area contributed by atoms with Gasteiger partial charge >= 0.3 is 0 Å². The van der Waals surface area contributed by atoms with Crippen LogP contribution in [0.15, 0.2) is 30.3 Å². The number of carboxylic acid groups (broad SMARTS) is 1. The number of fused-ring (bicyclic) bond motifs is 2. The maximum absolute atomic E-state index is 13.0. The minimum absolute atomic E-state index is 0.00584. The number of benzene rings is 1. The fourth-order valence-corrected chi connectivity index (χ4v) is 6.11. The molecule has 2 aliphatic rings. The topological polar surface area (TPSA) is 112 Å². The van der Waals surface area contributed by atoms with Crippen molar-refractivity contribution < 1.29 is 19.5 Å². The first kappa shape index (κ1) is 18.7. The molecule has 1 aromatic carbocycles. The Labute approximate surface area is 166 Å². The molecule has 6 nitrogen and oxygen atoms in total. The van der Waals surface area contributed by atoms with Crippen LogP contribution in [0.25, 0.3) is 11.1 Å². The summed E-state index contributed by atoms with van der Waals surface area (Å²) in [7, 11) is 0. The number of amides is 2. The van der Waals surface area contributed by atoms with Gasteiger partial charge in [-0.2, -0.15) is 0 Å². The van der Waals surface area contributed by atoms with E-state index in [0.717, 1.165) is 29.7 Å². The van der Waals surface area contributed by atoms with Crippen molar-refractivity contribution in [3.05, 3.63) is 40.8 Å². The largest absolute Gasteiger partial charge is 0.550 e. The highest BCUT2D eigenvalue weighted by atomic mass is 32.1. The molecule has 4 rings (SSSR count). The summed E-state index contributed by atoms with van der Waals surface area (Å²) in [5, 5.41) is 14.8. The molecule has 0 spiro atoms. The summed E-state index contributed by atoms with van der Waals surface area (Å²) in [5.74, 6) is -3.45. The zero-order valence-electron chi connectivity index (χ0n) is 15.4. The molecule has 3 N–H and O–H groups in total. The van der Waals surface area contributed by atoms with Gasteiger partial charge < -0.3 is 21.0 Å². The number of nitrogens with two attached hydrogens (primary N) is 1. The maximum atomic E-state index is 13.0. The van der Waals surface area contributed by atoms with Crippen LogP contribution < -0.4 is 16.2 Å². The molecule has 2 fully saturated rings. The van der Waals surface area contributed by atoms with Crippen molar-refractivity contribution in [2.45, 2.75) is 26.2 Å². The molecular formula is C21H21N2O4S-. The first-order chi connectivity index (χ1) is 13.4. The van der Waals surface area contributed by atoms with Gasteiger partial charge in [0.1, 0.15) is 5.00 Å². The van der Waals surface area contributed by atoms with E-state index in [1.165, 1.54) is 11.3 Å². The van der Waals surface area contributed by atoms with E-state index in [9.17, 15) is 19.5 Å². The number of anilines is 1. The van der Waals surface area contributed by atoms with E-state index in [0.29, 0.717) is 10.6 Å². The van der Waals surface area contributed by atoms with Crippen molar-refractivity contribution in [1.82, 2.24) is 0 Å². The molecule has 28 heavy (non-hydrogen) atoms. The number of hydrogen-bond acceptors (Lipinski definition) is 5. The van der Waals surface area contributed by atoms with Crippen LogP contribution in [-0.2, 0) is 9.59 Å². The van der Waals surface area contributed by atoms with E-state index in [1.54, 1.807) is 0 Å². The number of aryl methyl sites for hydroxylation is 1. The van der Waals surface area contributed by atoms with Crippen LogP contribution in [-0.4, -0.2) is 17.8 Å². The Kier molecular flexibility index (Phi) is 4.71. The standard InChI is InChI=1S/C21H22N2O4S/c1-10-14(11-5-3-2-4-6-11)17(18(22)24)20(28-10)23-19(25)15-12-7-8-13(9-12)16(15)21(26)27/h2-6,12-13,15-16H,7-9H2,1H3,(H2,22,24)(H,23,25)(H,26,27)/p-1. The summed E-state index contributed by atoms with van der Waals surface area (Å²) in [6.45, 7) is 1.87. The molecule has 2 aliphatic carbocycles. The number of carbonyl (C=O) groups is 3. The van der Waals surface area contributed by atoms with Crippen molar-refractivity contribution in [3.63, 3.8) is 0 Å². The molecule has 2 amide bonds. The number of carbonyl (C=O) groups excluding carboxylic acids is 3. The highest BCUT2D eigenvalue weighted by molar-refractivity contribution is 7.17. The normalized spacial score (nSPS) is 25.6. The summed E-state index contributed by atoms with van der Waals surface area (Å²) < 4.78 is 0. The summed E-state index contributed by atoms with van der Waals surface area (Å²) >= 11 is 1.29. The third-order valence-corrected chi connectivity index (χ3v) is 7.14. The van der Waals surface area contributed by atoms with Crippen LogP contribution in [0, 0.1) is 30.6 Å². The van der Waals surface area contributed by atoms with Crippen LogP contribution in [0.2, 0.25) is 0 Å². The Morgan fingerprint density at radius 3 is 2.36 bits per heavy atom. The number of rotatable bonds is 5. The highest BCUT2D eigenvalue weighted by Gasteiger charge is 2.51. The molecule has 4 unspecified atom stereocenters. The lowest BCUT2D eigenvalue weighted by atomic mass is 9.78. The quantitative estimate of drug-likeness (QED) is 0.805. The number of hydrogen-bond donors (Lipinski definition) is 2. The monoisotopic (exact) mass is 397 g/mol. The predicted molar refractivity (Wildman–Crippen MR) is 104 cm³/mol. The molecule has 146 valence electrons. The lowest BCUT2D eigenvalue weighted by molar-refractivity contribution is -0.314. The van der Waals surface area contributed by atoms with Gasteiger partial charge in [0.25, 0.3) is 5.91 Å². The second-order valence-corrected chi connectivity index (χ2v) is 8.89. The van der Waals surface area contributed by atoms with E-state index < -0.39 is 23.7 Å². The second-order valence-electron chi connectivity index (χ2n) is 7.66. The van der Waals surface area contributed by atoms with Crippen LogP contribution in [0.1, 0.15) is 34.5 Å². The van der Waals surface area contributed by atoms with Crippen LogP contribution in [0.5, 0.6) is 0 Å². The fourth-order valence-electron chi connectivity index (χ4n) is 5.02. The van der Waals surface area contributed by atoms with Crippen molar-refractivity contribution in [3.8, 4) is 11.1 Å². The van der Waals surface area contributed by atoms with Crippen molar-refractivity contribution in [2.75, 3.05) is 5.32 Å². The smallest absolute Gasteiger partial charge is 0.252 e. The maximum Gasteiger partial charge on any atom is 0.252 e. The van der Waals surface area contributed by atoms with Crippen LogP contribution >= 0.6 is 11.3 Å². The van der Waals surface area contributed by atoms with Crippen molar-refractivity contribution in [1.29, 1.82) is 0 Å². The van der Waals surface area contributed by atoms with Gasteiger partial charge in [0, 0.05) is 28.2 Å². The number of primary amides is 1. The van der Waals surface area contributed by atoms with Crippen molar-refractivity contribution in [2.24, 2.45) is 29.4 Å². The molecule has 0 saturated heterocycles. The average molecular weight is 397 g/mol. The van der Waals surface area contributed by atoms with Gasteiger partial charge in [-0.3, -0.25) is 9.59 Å². The summed E-state index contributed by atoms with van der Waals surface area (Å²) in [6.07, 6.45) is 2.43. The van der Waals surface area contributed by atoms with E-state index in [2.05, 4.69) is 5.32 Å². The molecule has 7 heteroatoms.